The monoisotopic (exact) mass is 355 g/mol. The van der Waals surface area contributed by atoms with E-state index in [1.165, 1.54) is 18.2 Å². The van der Waals surface area contributed by atoms with Crippen molar-refractivity contribution in [1.29, 1.82) is 0 Å². The quantitative estimate of drug-likeness (QED) is 0.732. The van der Waals surface area contributed by atoms with E-state index in [9.17, 15) is 8.42 Å². The molecule has 0 unspecified atom stereocenters. The molecular weight excluding hydrogens is 342 g/mol. The predicted octanol–water partition coefficient (Wildman–Crippen LogP) is 2.29. The maximum atomic E-state index is 11.3. The van der Waals surface area contributed by atoms with Gasteiger partial charge in [0.25, 0.3) is 0 Å². The Kier molecular flexibility index (Phi) is 4.32. The zero-order chi connectivity index (χ0) is 14.8. The van der Waals surface area contributed by atoms with E-state index in [1.54, 1.807) is 0 Å². The summed E-state index contributed by atoms with van der Waals surface area (Å²) >= 11 is 3.39. The Morgan fingerprint density at radius 3 is 2.55 bits per heavy atom. The van der Waals surface area contributed by atoms with Crippen molar-refractivity contribution in [2.24, 2.45) is 5.14 Å². The average Bonchev–Trinajstić information content (AvgIpc) is 2.36. The topological polar surface area (TPSA) is 98.2 Å². The van der Waals surface area contributed by atoms with Gasteiger partial charge >= 0.3 is 0 Å². The Morgan fingerprint density at radius 2 is 1.90 bits per heavy atom. The number of sulfonamides is 1. The van der Waals surface area contributed by atoms with Crippen LogP contribution in [0.5, 0.6) is 0 Å². The minimum Gasteiger partial charge on any atom is -0.397 e. The second kappa shape index (κ2) is 5.82. The van der Waals surface area contributed by atoms with Gasteiger partial charge in [-0.25, -0.2) is 13.6 Å². The highest BCUT2D eigenvalue weighted by atomic mass is 79.9. The third-order valence-corrected chi connectivity index (χ3v) is 4.13. The lowest BCUT2D eigenvalue weighted by atomic mass is 10.2. The summed E-state index contributed by atoms with van der Waals surface area (Å²) in [5, 5.41) is 8.20. The maximum absolute atomic E-state index is 11.3. The van der Waals surface area contributed by atoms with Crippen molar-refractivity contribution in [1.82, 2.24) is 0 Å². The minimum atomic E-state index is -3.73. The van der Waals surface area contributed by atoms with Crippen LogP contribution in [0.25, 0.3) is 0 Å². The van der Waals surface area contributed by atoms with Crippen LogP contribution in [-0.2, 0) is 16.6 Å². The highest BCUT2D eigenvalue weighted by Gasteiger charge is 2.10. The molecule has 106 valence electrons. The molecule has 0 saturated carbocycles. The molecule has 0 bridgehead atoms. The molecule has 2 aromatic carbocycles. The van der Waals surface area contributed by atoms with Gasteiger partial charge in [-0.2, -0.15) is 0 Å². The van der Waals surface area contributed by atoms with E-state index in [2.05, 4.69) is 21.2 Å². The van der Waals surface area contributed by atoms with Crippen LogP contribution in [0.3, 0.4) is 0 Å². The van der Waals surface area contributed by atoms with Crippen molar-refractivity contribution in [3.63, 3.8) is 0 Å². The molecule has 0 radical (unpaired) electrons. The zero-order valence-corrected chi connectivity index (χ0v) is 12.9. The number of rotatable bonds is 4. The molecule has 0 atom stereocenters. The molecular formula is C13H14BrN3O2S. The Morgan fingerprint density at radius 1 is 1.15 bits per heavy atom. The highest BCUT2D eigenvalue weighted by molar-refractivity contribution is 9.10. The molecule has 0 aliphatic carbocycles. The molecule has 7 heteroatoms. The number of benzene rings is 2. The van der Waals surface area contributed by atoms with Gasteiger partial charge in [0.2, 0.25) is 10.0 Å². The van der Waals surface area contributed by atoms with Crippen molar-refractivity contribution in [3.8, 4) is 0 Å². The second-order valence-electron chi connectivity index (χ2n) is 4.28. The predicted molar refractivity (Wildman–Crippen MR) is 83.7 cm³/mol. The van der Waals surface area contributed by atoms with E-state index in [1.807, 2.05) is 24.3 Å². The van der Waals surface area contributed by atoms with Crippen molar-refractivity contribution in [2.75, 3.05) is 11.1 Å². The molecule has 0 heterocycles. The van der Waals surface area contributed by atoms with Gasteiger partial charge in [-0.3, -0.25) is 0 Å². The minimum absolute atomic E-state index is 0.0310. The summed E-state index contributed by atoms with van der Waals surface area (Å²) < 4.78 is 23.6. The molecule has 0 saturated heterocycles. The van der Waals surface area contributed by atoms with E-state index >= 15 is 0 Å². The fourth-order valence-electron chi connectivity index (χ4n) is 1.71. The van der Waals surface area contributed by atoms with Crippen LogP contribution in [0.1, 0.15) is 5.56 Å². The van der Waals surface area contributed by atoms with Crippen molar-refractivity contribution < 1.29 is 8.42 Å². The number of hydrogen-bond acceptors (Lipinski definition) is 4. The van der Waals surface area contributed by atoms with Crippen LogP contribution in [0, 0.1) is 0 Å². The third kappa shape index (κ3) is 3.72. The van der Waals surface area contributed by atoms with Gasteiger partial charge < -0.3 is 11.1 Å². The van der Waals surface area contributed by atoms with Gasteiger partial charge in [0, 0.05) is 11.0 Å². The SMILES string of the molecule is Nc1ccc(S(N)(=O)=O)cc1NCc1cccc(Br)c1. The molecule has 2 aromatic rings. The summed E-state index contributed by atoms with van der Waals surface area (Å²) in [6, 6.07) is 12.1. The molecule has 0 fully saturated rings. The summed E-state index contributed by atoms with van der Waals surface area (Å²) in [5.41, 5.74) is 7.86. The Bertz CT molecular complexity index is 732. The fraction of sp³-hybridized carbons (Fsp3) is 0.0769. The van der Waals surface area contributed by atoms with Crippen LogP contribution in [-0.4, -0.2) is 8.42 Å². The number of primary sulfonamides is 1. The van der Waals surface area contributed by atoms with Gasteiger partial charge in [-0.05, 0) is 35.9 Å². The first-order valence-electron chi connectivity index (χ1n) is 5.77. The van der Waals surface area contributed by atoms with Gasteiger partial charge in [0.05, 0.1) is 16.3 Å². The largest absolute Gasteiger partial charge is 0.397 e. The van der Waals surface area contributed by atoms with Gasteiger partial charge in [0.1, 0.15) is 0 Å². The third-order valence-electron chi connectivity index (χ3n) is 2.73. The van der Waals surface area contributed by atoms with Crippen LogP contribution in [0.4, 0.5) is 11.4 Å². The molecule has 20 heavy (non-hydrogen) atoms. The number of hydrogen-bond donors (Lipinski definition) is 3. The number of nitrogens with one attached hydrogen (secondary N) is 1. The Balaban J connectivity index is 2.21. The van der Waals surface area contributed by atoms with Crippen LogP contribution in [0.2, 0.25) is 0 Å². The zero-order valence-electron chi connectivity index (χ0n) is 10.5. The summed E-state index contributed by atoms with van der Waals surface area (Å²) in [6.07, 6.45) is 0. The van der Waals surface area contributed by atoms with E-state index in [0.29, 0.717) is 17.9 Å². The first-order valence-corrected chi connectivity index (χ1v) is 8.11. The molecule has 0 aliphatic heterocycles. The maximum Gasteiger partial charge on any atom is 0.238 e. The van der Waals surface area contributed by atoms with Gasteiger partial charge in [-0.1, -0.05) is 28.1 Å². The van der Waals surface area contributed by atoms with Crippen LogP contribution in [0.15, 0.2) is 51.8 Å². The molecule has 0 spiro atoms. The molecule has 0 aromatic heterocycles. The molecule has 0 amide bonds. The van der Waals surface area contributed by atoms with Gasteiger partial charge in [0.15, 0.2) is 0 Å². The summed E-state index contributed by atoms with van der Waals surface area (Å²) in [4.78, 5) is 0.0310. The molecule has 5 nitrogen and oxygen atoms in total. The van der Waals surface area contributed by atoms with Crippen molar-refractivity contribution >= 4 is 37.3 Å². The average molecular weight is 356 g/mol. The number of halogens is 1. The van der Waals surface area contributed by atoms with Crippen molar-refractivity contribution in [3.05, 3.63) is 52.5 Å². The standard InChI is InChI=1S/C13H14BrN3O2S/c14-10-3-1-2-9(6-10)8-17-13-7-11(20(16,18)19)4-5-12(13)15/h1-7,17H,8,15H2,(H2,16,18,19). The Labute approximate surface area is 126 Å². The molecule has 0 aliphatic rings. The second-order valence-corrected chi connectivity index (χ2v) is 6.75. The lowest BCUT2D eigenvalue weighted by Crippen LogP contribution is -2.13. The summed E-state index contributed by atoms with van der Waals surface area (Å²) in [5.74, 6) is 0. The van der Waals surface area contributed by atoms with E-state index < -0.39 is 10.0 Å². The van der Waals surface area contributed by atoms with Crippen LogP contribution >= 0.6 is 15.9 Å². The van der Waals surface area contributed by atoms with E-state index in [-0.39, 0.29) is 4.90 Å². The lowest BCUT2D eigenvalue weighted by molar-refractivity contribution is 0.598. The normalized spacial score (nSPS) is 11.3. The number of anilines is 2. The van der Waals surface area contributed by atoms with Crippen molar-refractivity contribution in [2.45, 2.75) is 11.4 Å². The Hall–Kier alpha value is -1.57. The lowest BCUT2D eigenvalue weighted by Gasteiger charge is -2.11. The number of nitrogen functional groups attached to an aromatic ring is 1. The number of nitrogens with two attached hydrogens (primary N) is 2. The summed E-state index contributed by atoms with van der Waals surface area (Å²) in [7, 11) is -3.73. The van der Waals surface area contributed by atoms with Crippen LogP contribution < -0.4 is 16.2 Å². The first-order chi connectivity index (χ1) is 9.36. The highest BCUT2D eigenvalue weighted by Crippen LogP contribution is 2.23. The smallest absolute Gasteiger partial charge is 0.238 e. The fourth-order valence-corrected chi connectivity index (χ4v) is 2.70. The summed E-state index contributed by atoms with van der Waals surface area (Å²) in [6.45, 7) is 0.526. The molecule has 5 N–H and O–H groups in total. The first kappa shape index (κ1) is 14.8. The van der Waals surface area contributed by atoms with E-state index in [4.69, 9.17) is 10.9 Å². The van der Waals surface area contributed by atoms with Gasteiger partial charge in [-0.15, -0.1) is 0 Å². The van der Waals surface area contributed by atoms with E-state index in [0.717, 1.165) is 10.0 Å². The molecule has 2 rings (SSSR count).